The molecule has 0 saturated heterocycles. The lowest BCUT2D eigenvalue weighted by atomic mass is 9.85. The van der Waals surface area contributed by atoms with Crippen molar-refractivity contribution in [2.75, 3.05) is 5.32 Å². The average Bonchev–Trinajstić information content (AvgIpc) is 2.56. The van der Waals surface area contributed by atoms with Gasteiger partial charge >= 0.3 is 0 Å². The van der Waals surface area contributed by atoms with Crippen molar-refractivity contribution in [1.82, 2.24) is 0 Å². The highest BCUT2D eigenvalue weighted by Crippen LogP contribution is 2.28. The van der Waals surface area contributed by atoms with Gasteiger partial charge in [-0.25, -0.2) is 0 Å². The van der Waals surface area contributed by atoms with Crippen molar-refractivity contribution >= 4 is 17.4 Å². The normalized spacial score (nSPS) is 13.2. The first-order valence-corrected chi connectivity index (χ1v) is 7.99. The molecule has 2 aromatic rings. The number of hydrogen-bond acceptors (Lipinski definition) is 2. The topological polar surface area (TPSA) is 46.2 Å². The van der Waals surface area contributed by atoms with E-state index < -0.39 is 0 Å². The first kappa shape index (κ1) is 16.9. The van der Waals surface area contributed by atoms with Crippen LogP contribution in [-0.4, -0.2) is 11.7 Å². The second kappa shape index (κ2) is 7.73. The van der Waals surface area contributed by atoms with Crippen LogP contribution < -0.4 is 5.32 Å². The SMILES string of the molecule is CC[C@@H](C)[C@@H](C(=O)Nc1ccc(C(C)=O)cc1)c1ccccc1. The van der Waals surface area contributed by atoms with Crippen LogP contribution in [0.3, 0.4) is 0 Å². The van der Waals surface area contributed by atoms with E-state index in [0.29, 0.717) is 11.3 Å². The fourth-order valence-corrected chi connectivity index (χ4v) is 2.64. The molecule has 120 valence electrons. The van der Waals surface area contributed by atoms with Crippen molar-refractivity contribution < 1.29 is 9.59 Å². The Balaban J connectivity index is 2.19. The molecule has 2 aromatic carbocycles. The summed E-state index contributed by atoms with van der Waals surface area (Å²) in [4.78, 5) is 24.1. The summed E-state index contributed by atoms with van der Waals surface area (Å²) in [5.41, 5.74) is 2.38. The minimum Gasteiger partial charge on any atom is -0.326 e. The molecule has 0 aliphatic rings. The van der Waals surface area contributed by atoms with Gasteiger partial charge < -0.3 is 5.32 Å². The van der Waals surface area contributed by atoms with Gasteiger partial charge in [-0.3, -0.25) is 9.59 Å². The lowest BCUT2D eigenvalue weighted by Crippen LogP contribution is -2.26. The van der Waals surface area contributed by atoms with E-state index in [2.05, 4.69) is 19.2 Å². The van der Waals surface area contributed by atoms with Crippen LogP contribution >= 0.6 is 0 Å². The minimum absolute atomic E-state index is 0.0128. The van der Waals surface area contributed by atoms with E-state index in [0.717, 1.165) is 12.0 Å². The van der Waals surface area contributed by atoms with Crippen LogP contribution in [0.4, 0.5) is 5.69 Å². The summed E-state index contributed by atoms with van der Waals surface area (Å²) in [5, 5.41) is 2.97. The van der Waals surface area contributed by atoms with Gasteiger partial charge in [0.2, 0.25) is 5.91 Å². The highest BCUT2D eigenvalue weighted by molar-refractivity contribution is 5.97. The number of carbonyl (C=O) groups is 2. The number of carbonyl (C=O) groups excluding carboxylic acids is 2. The average molecular weight is 309 g/mol. The molecule has 0 spiro atoms. The molecule has 0 saturated carbocycles. The zero-order valence-corrected chi connectivity index (χ0v) is 13.9. The third kappa shape index (κ3) is 4.28. The molecule has 0 unspecified atom stereocenters. The van der Waals surface area contributed by atoms with Crippen LogP contribution in [0.15, 0.2) is 54.6 Å². The van der Waals surface area contributed by atoms with Gasteiger partial charge in [-0.15, -0.1) is 0 Å². The zero-order valence-electron chi connectivity index (χ0n) is 13.9. The first-order chi connectivity index (χ1) is 11.0. The van der Waals surface area contributed by atoms with Crippen molar-refractivity contribution in [1.29, 1.82) is 0 Å². The van der Waals surface area contributed by atoms with E-state index in [-0.39, 0.29) is 23.5 Å². The number of benzene rings is 2. The molecular formula is C20H23NO2. The van der Waals surface area contributed by atoms with Gasteiger partial charge in [-0.2, -0.15) is 0 Å². The number of hydrogen-bond donors (Lipinski definition) is 1. The van der Waals surface area contributed by atoms with E-state index in [9.17, 15) is 9.59 Å². The third-order valence-electron chi connectivity index (χ3n) is 4.21. The van der Waals surface area contributed by atoms with Gasteiger partial charge in [0, 0.05) is 11.3 Å². The highest BCUT2D eigenvalue weighted by Gasteiger charge is 2.25. The molecule has 0 heterocycles. The molecule has 23 heavy (non-hydrogen) atoms. The van der Waals surface area contributed by atoms with Crippen molar-refractivity contribution in [2.45, 2.75) is 33.1 Å². The smallest absolute Gasteiger partial charge is 0.232 e. The second-order valence-corrected chi connectivity index (χ2v) is 5.90. The molecule has 1 amide bonds. The predicted octanol–water partition coefficient (Wildman–Crippen LogP) is 4.66. The van der Waals surface area contributed by atoms with Crippen LogP contribution in [0.5, 0.6) is 0 Å². The highest BCUT2D eigenvalue weighted by atomic mass is 16.2. The molecule has 1 N–H and O–H groups in total. The summed E-state index contributed by atoms with van der Waals surface area (Å²) < 4.78 is 0. The lowest BCUT2D eigenvalue weighted by molar-refractivity contribution is -0.118. The fourth-order valence-electron chi connectivity index (χ4n) is 2.64. The Labute approximate surface area is 137 Å². The summed E-state index contributed by atoms with van der Waals surface area (Å²) in [6, 6.07) is 16.9. The number of Topliss-reactive ketones (excluding diaryl/α,β-unsaturated/α-hetero) is 1. The maximum atomic E-state index is 12.8. The number of anilines is 1. The van der Waals surface area contributed by atoms with Gasteiger partial charge in [0.25, 0.3) is 0 Å². The summed E-state index contributed by atoms with van der Waals surface area (Å²) in [7, 11) is 0. The van der Waals surface area contributed by atoms with E-state index in [4.69, 9.17) is 0 Å². The Morgan fingerprint density at radius 2 is 1.61 bits per heavy atom. The molecule has 2 atom stereocenters. The summed E-state index contributed by atoms with van der Waals surface area (Å²) in [6.45, 7) is 5.72. The van der Waals surface area contributed by atoms with Gasteiger partial charge in [0.1, 0.15) is 0 Å². The van der Waals surface area contributed by atoms with Crippen molar-refractivity contribution in [2.24, 2.45) is 5.92 Å². The van der Waals surface area contributed by atoms with Crippen molar-refractivity contribution in [3.05, 3.63) is 65.7 Å². The van der Waals surface area contributed by atoms with Crippen molar-refractivity contribution in [3.63, 3.8) is 0 Å². The van der Waals surface area contributed by atoms with E-state index >= 15 is 0 Å². The fraction of sp³-hybridized carbons (Fsp3) is 0.300. The summed E-state index contributed by atoms with van der Waals surface area (Å²) in [5.74, 6) is 0.0633. The van der Waals surface area contributed by atoms with Crippen LogP contribution in [0.1, 0.15) is 49.0 Å². The predicted molar refractivity (Wildman–Crippen MR) is 93.7 cm³/mol. The van der Waals surface area contributed by atoms with Crippen LogP contribution in [0.2, 0.25) is 0 Å². The number of nitrogens with one attached hydrogen (secondary N) is 1. The zero-order chi connectivity index (χ0) is 16.8. The lowest BCUT2D eigenvalue weighted by Gasteiger charge is -2.22. The number of amides is 1. The van der Waals surface area contributed by atoms with Gasteiger partial charge in [-0.05, 0) is 42.7 Å². The Bertz CT molecular complexity index is 662. The number of ketones is 1. The molecule has 3 heteroatoms. The Kier molecular flexibility index (Phi) is 5.69. The van der Waals surface area contributed by atoms with Crippen LogP contribution in [0.25, 0.3) is 0 Å². The van der Waals surface area contributed by atoms with E-state index in [1.807, 2.05) is 30.3 Å². The second-order valence-electron chi connectivity index (χ2n) is 5.90. The van der Waals surface area contributed by atoms with Gasteiger partial charge in [0.05, 0.1) is 5.92 Å². The first-order valence-electron chi connectivity index (χ1n) is 7.99. The molecule has 0 aliphatic carbocycles. The maximum Gasteiger partial charge on any atom is 0.232 e. The minimum atomic E-state index is -0.186. The molecular weight excluding hydrogens is 286 g/mol. The Hall–Kier alpha value is -2.42. The summed E-state index contributed by atoms with van der Waals surface area (Å²) in [6.07, 6.45) is 0.927. The molecule has 0 aromatic heterocycles. The van der Waals surface area contributed by atoms with Crippen molar-refractivity contribution in [3.8, 4) is 0 Å². The largest absolute Gasteiger partial charge is 0.326 e. The van der Waals surface area contributed by atoms with Gasteiger partial charge in [-0.1, -0.05) is 50.6 Å². The Morgan fingerprint density at radius 3 is 2.13 bits per heavy atom. The molecule has 0 bridgehead atoms. The summed E-state index contributed by atoms with van der Waals surface area (Å²) >= 11 is 0. The molecule has 0 fully saturated rings. The standard InChI is InChI=1S/C20H23NO2/c1-4-14(2)19(17-8-6-5-7-9-17)20(23)21-18-12-10-16(11-13-18)15(3)22/h5-14,19H,4H2,1-3H3,(H,21,23)/t14-,19-/m1/s1. The van der Waals surface area contributed by atoms with E-state index in [1.54, 1.807) is 24.3 Å². The molecule has 0 radical (unpaired) electrons. The number of rotatable bonds is 6. The molecule has 0 aliphatic heterocycles. The van der Waals surface area contributed by atoms with Crippen LogP contribution in [-0.2, 0) is 4.79 Å². The van der Waals surface area contributed by atoms with Crippen LogP contribution in [0, 0.1) is 5.92 Å². The van der Waals surface area contributed by atoms with Gasteiger partial charge in [0.15, 0.2) is 5.78 Å². The molecule has 2 rings (SSSR count). The quantitative estimate of drug-likeness (QED) is 0.789. The third-order valence-corrected chi connectivity index (χ3v) is 4.21. The molecule has 3 nitrogen and oxygen atoms in total. The monoisotopic (exact) mass is 309 g/mol. The van der Waals surface area contributed by atoms with E-state index in [1.165, 1.54) is 6.92 Å². The maximum absolute atomic E-state index is 12.8. The Morgan fingerprint density at radius 1 is 1.00 bits per heavy atom.